The third-order valence-electron chi connectivity index (χ3n) is 18.6. The van der Waals surface area contributed by atoms with Crippen LogP contribution < -0.4 is 56.2 Å². The van der Waals surface area contributed by atoms with Crippen molar-refractivity contribution in [3.05, 3.63) is 143 Å². The van der Waals surface area contributed by atoms with Gasteiger partial charge in [-0.25, -0.2) is 0 Å². The first-order valence-corrected chi connectivity index (χ1v) is 44.5. The first kappa shape index (κ1) is 89.1. The Hall–Kier alpha value is -6.07. The third-order valence-corrected chi connectivity index (χ3v) is 25.5. The lowest BCUT2D eigenvalue weighted by Crippen LogP contribution is -2.37. The highest BCUT2D eigenvalue weighted by Crippen LogP contribution is 2.78. The van der Waals surface area contributed by atoms with E-state index in [2.05, 4.69) is 203 Å². The summed E-state index contributed by atoms with van der Waals surface area (Å²) < 4.78 is 81.6. The molecule has 0 aromatic heterocycles. The van der Waals surface area contributed by atoms with Crippen molar-refractivity contribution in [3.63, 3.8) is 0 Å². The molecule has 0 fully saturated rings. The summed E-state index contributed by atoms with van der Waals surface area (Å²) in [5.41, 5.74) is 3.27. The predicted molar refractivity (Wildman–Crippen MR) is 452 cm³/mol. The van der Waals surface area contributed by atoms with Crippen molar-refractivity contribution in [1.82, 2.24) is 9.21 Å². The molecule has 15 nitrogen and oxygen atoms in total. The maximum absolute atomic E-state index is 8.05. The molecule has 0 saturated heterocycles. The Morgan fingerprint density at radius 1 is 0.287 bits per heavy atom. The average Bonchev–Trinajstić information content (AvgIpc) is 0.730. The maximum Gasteiger partial charge on any atom is 0.447 e. The Morgan fingerprint density at radius 3 is 0.787 bits per heavy atom. The second-order valence-electron chi connectivity index (χ2n) is 34.9. The summed E-state index contributed by atoms with van der Waals surface area (Å²) in [5, 5.41) is 0. The van der Waals surface area contributed by atoms with Crippen molar-refractivity contribution in [2.45, 2.75) is 314 Å². The normalized spacial score (nSPS) is 15.3. The van der Waals surface area contributed by atoms with Crippen molar-refractivity contribution in [3.8, 4) is 69.0 Å². The van der Waals surface area contributed by atoms with Gasteiger partial charge in [-0.2, -0.15) is 0 Å². The topological polar surface area (TPSA) is 130 Å². The van der Waals surface area contributed by atoms with Gasteiger partial charge >= 0.3 is 24.6 Å². The molecule has 2 atom stereocenters. The molecule has 6 aromatic carbocycles. The first-order valence-electron chi connectivity index (χ1n) is 40.6. The summed E-state index contributed by atoms with van der Waals surface area (Å²) in [6, 6.07) is 36.3. The van der Waals surface area contributed by atoms with E-state index in [0.717, 1.165) is 183 Å². The predicted octanol–water partition coefficient (Wildman–Crippen LogP) is 28.5. The van der Waals surface area contributed by atoms with Gasteiger partial charge in [0.15, 0.2) is 0 Å². The van der Waals surface area contributed by atoms with Crippen LogP contribution in [0.5, 0.6) is 69.0 Å². The zero-order valence-electron chi connectivity index (χ0n) is 70.9. The van der Waals surface area contributed by atoms with Gasteiger partial charge < -0.3 is 56.2 Å². The lowest BCUT2D eigenvalue weighted by Gasteiger charge is -2.44. The summed E-state index contributed by atoms with van der Waals surface area (Å²) in [6.45, 7) is 56.3. The lowest BCUT2D eigenvalue weighted by atomic mass is 9.86. The van der Waals surface area contributed by atoms with Crippen molar-refractivity contribution < 1.29 is 56.2 Å². The van der Waals surface area contributed by atoms with Crippen molar-refractivity contribution in [2.75, 3.05) is 39.6 Å². The second kappa shape index (κ2) is 40.9. The van der Waals surface area contributed by atoms with Gasteiger partial charge in [0.2, 0.25) is 0 Å². The van der Waals surface area contributed by atoms with Crippen LogP contribution in [-0.4, -0.2) is 48.8 Å². The molecule has 1 aliphatic rings. The Kier molecular flexibility index (Phi) is 33.8. The van der Waals surface area contributed by atoms with Crippen LogP contribution in [0, 0.1) is 0 Å². The Morgan fingerprint density at radius 2 is 0.519 bits per heavy atom. The fourth-order valence-electron chi connectivity index (χ4n) is 12.3. The van der Waals surface area contributed by atoms with Crippen LogP contribution in [0.1, 0.15) is 315 Å². The van der Waals surface area contributed by atoms with E-state index in [9.17, 15) is 0 Å². The van der Waals surface area contributed by atoms with E-state index in [0.29, 0.717) is 74.1 Å². The van der Waals surface area contributed by atoms with Crippen LogP contribution in [-0.2, 0) is 32.5 Å². The minimum absolute atomic E-state index is 0.383. The van der Waals surface area contributed by atoms with Gasteiger partial charge in [0.25, 0.3) is 0 Å². The van der Waals surface area contributed by atoms with E-state index in [4.69, 9.17) is 60.7 Å². The SMILES string of the molecule is CCCCCOc1ccc(ON2P(Oc3ccc(OCCCCC)c(C(C)(C)C)c3)N=P(Oc3ccc(OCCCCC)c(C(C)(C)C)c3)(Oc3ccc(OCCCCC)c(C(C)(C)C)c3)N(Oc3ccc(OCCCCC)c(C(C)(C)C)c3)P2Oc2ccc(OCCCCC)c(C(C)(C)C)c2)cc1C(C)(C)C. The number of rotatable bonds is 42. The number of hydrogen-bond donors (Lipinski definition) is 0. The highest BCUT2D eigenvalue weighted by Gasteiger charge is 2.59. The highest BCUT2D eigenvalue weighted by molar-refractivity contribution is 7.78. The third kappa shape index (κ3) is 26.3. The number of benzene rings is 6. The van der Waals surface area contributed by atoms with Gasteiger partial charge in [-0.15, -0.1) is 4.52 Å². The van der Waals surface area contributed by atoms with Crippen LogP contribution in [0.4, 0.5) is 0 Å². The molecule has 1 heterocycles. The van der Waals surface area contributed by atoms with Gasteiger partial charge in [0.05, 0.1) is 39.6 Å². The first-order chi connectivity index (χ1) is 51.1. The molecular formula is C90H138N3O12P3. The van der Waals surface area contributed by atoms with Gasteiger partial charge in [0, 0.05) is 42.6 Å². The quantitative estimate of drug-likeness (QED) is 0.0266. The smallest absolute Gasteiger partial charge is 0.447 e. The molecule has 0 amide bonds. The van der Waals surface area contributed by atoms with Crippen molar-refractivity contribution in [2.24, 2.45) is 4.52 Å². The van der Waals surface area contributed by atoms with Gasteiger partial charge in [-0.05, 0) is 180 Å². The molecule has 1 aliphatic heterocycles. The largest absolute Gasteiger partial charge is 0.493 e. The number of nitrogens with zero attached hydrogens (tertiary/aromatic N) is 3. The van der Waals surface area contributed by atoms with Crippen LogP contribution in [0.3, 0.4) is 0 Å². The minimum Gasteiger partial charge on any atom is -0.493 e. The van der Waals surface area contributed by atoms with Crippen molar-refractivity contribution in [1.29, 1.82) is 0 Å². The van der Waals surface area contributed by atoms with E-state index in [1.54, 1.807) is 9.21 Å². The minimum atomic E-state index is -4.44. The molecule has 6 aromatic rings. The van der Waals surface area contributed by atoms with E-state index in [1.165, 1.54) is 0 Å². The molecule has 0 saturated carbocycles. The molecule has 108 heavy (non-hydrogen) atoms. The Balaban J connectivity index is 1.70. The van der Waals surface area contributed by atoms with E-state index in [1.807, 2.05) is 72.8 Å². The van der Waals surface area contributed by atoms with E-state index < -0.39 is 46.2 Å². The van der Waals surface area contributed by atoms with Crippen LogP contribution >= 0.6 is 24.6 Å². The zero-order chi connectivity index (χ0) is 79.1. The fourth-order valence-corrected chi connectivity index (χ4v) is 19.8. The molecule has 0 aliphatic carbocycles. The average molecular weight is 1550 g/mol. The maximum atomic E-state index is 8.05. The lowest BCUT2D eigenvalue weighted by molar-refractivity contribution is 0.0542. The van der Waals surface area contributed by atoms with Gasteiger partial charge in [-0.1, -0.05) is 243 Å². The van der Waals surface area contributed by atoms with Gasteiger partial charge in [-0.3, -0.25) is 0 Å². The van der Waals surface area contributed by atoms with Crippen molar-refractivity contribution >= 4 is 24.6 Å². The molecule has 0 N–H and O–H groups in total. The van der Waals surface area contributed by atoms with Crippen LogP contribution in [0.15, 0.2) is 114 Å². The summed E-state index contributed by atoms with van der Waals surface area (Å²) in [5.74, 6) is 7.52. The van der Waals surface area contributed by atoms with Crippen LogP contribution in [0.2, 0.25) is 0 Å². The molecule has 600 valence electrons. The molecule has 0 bridgehead atoms. The standard InChI is InChI=1S/C90H138N3O12P3/c1-25-31-37-55-94-79-49-43-67(61-73(79)85(7,8)9)100-92-106(102-69-45-51-81(96-57-39-33-27-3)75(63-69)87(13,14)15)91-108(104-71-47-53-83(98-59-41-35-29-5)77(65-71)89(19,20)21,105-72-48-54-84(99-60-42-36-30-6)78(66-72)90(22,23)24)93(101-68-44-50-80(95-56-38-32-26-2)74(62-68)86(10,11)12)107(92)103-70-46-52-82(97-58-40-34-28-4)76(64-70)88(16,17)18/h43-54,61-66H,25-42,55-60H2,1-24H3. The highest BCUT2D eigenvalue weighted by atomic mass is 31.3. The molecular weight excluding hydrogens is 1410 g/mol. The number of unbranched alkanes of at least 4 members (excludes halogenated alkanes) is 12. The summed E-state index contributed by atoms with van der Waals surface area (Å²) in [6.07, 6.45) is 18.4. The monoisotopic (exact) mass is 1550 g/mol. The molecule has 0 radical (unpaired) electrons. The van der Waals surface area contributed by atoms with E-state index in [-0.39, 0.29) is 10.8 Å². The van der Waals surface area contributed by atoms with E-state index >= 15 is 0 Å². The molecule has 0 spiro atoms. The summed E-state index contributed by atoms with van der Waals surface area (Å²) in [4.78, 5) is 15.6. The van der Waals surface area contributed by atoms with Gasteiger partial charge in [0.1, 0.15) is 69.0 Å². The fraction of sp³-hybridized carbons (Fsp3) is 0.600. The second-order valence-corrected chi connectivity index (χ2v) is 40.4. The number of hydrogen-bond acceptors (Lipinski definition) is 15. The molecule has 2 unspecified atom stereocenters. The zero-order valence-corrected chi connectivity index (χ0v) is 73.6. The Bertz CT molecular complexity index is 3720. The summed E-state index contributed by atoms with van der Waals surface area (Å²) in [7, 11) is -9.58. The molecule has 18 heteroatoms. The molecule has 7 rings (SSSR count). The Labute approximate surface area is 656 Å². The number of ether oxygens (including phenoxy) is 6. The summed E-state index contributed by atoms with van der Waals surface area (Å²) >= 11 is 0. The van der Waals surface area contributed by atoms with Crippen LogP contribution in [0.25, 0.3) is 0 Å².